The molecular formula is C22H17IO3S. The fraction of sp³-hybridized carbons (Fsp3) is 0.0909. The minimum Gasteiger partial charge on any atom is -0.497 e. The molecule has 0 fully saturated rings. The van der Waals surface area contributed by atoms with Crippen LogP contribution < -0.4 is 14.2 Å². The maximum atomic E-state index is 6.34. The molecule has 0 unspecified atom stereocenters. The summed E-state index contributed by atoms with van der Waals surface area (Å²) in [6.45, 7) is 0. The summed E-state index contributed by atoms with van der Waals surface area (Å²) in [5.74, 6) is 3.36. The van der Waals surface area contributed by atoms with E-state index >= 15 is 0 Å². The lowest BCUT2D eigenvalue weighted by Crippen LogP contribution is -1.87. The molecule has 0 saturated carbocycles. The summed E-state index contributed by atoms with van der Waals surface area (Å²) in [7, 11) is 3.36. The summed E-state index contributed by atoms with van der Waals surface area (Å²) in [6.07, 6.45) is 0. The zero-order valence-corrected chi connectivity index (χ0v) is 17.8. The van der Waals surface area contributed by atoms with Crippen molar-refractivity contribution in [2.45, 2.75) is 0 Å². The van der Waals surface area contributed by atoms with E-state index in [1.807, 2.05) is 48.5 Å². The van der Waals surface area contributed by atoms with Gasteiger partial charge >= 0.3 is 0 Å². The molecule has 0 bridgehead atoms. The third kappa shape index (κ3) is 3.75. The number of thiophene rings is 1. The van der Waals surface area contributed by atoms with Gasteiger partial charge in [-0.1, -0.05) is 0 Å². The molecule has 0 radical (unpaired) electrons. The minimum atomic E-state index is 0.820. The summed E-state index contributed by atoms with van der Waals surface area (Å²) in [4.78, 5) is 1.08. The Bertz CT molecular complexity index is 1070. The molecule has 27 heavy (non-hydrogen) atoms. The molecule has 0 aliphatic heterocycles. The Balaban J connectivity index is 1.85. The number of ether oxygens (including phenoxy) is 3. The summed E-state index contributed by atoms with van der Waals surface area (Å²) in [6, 6.07) is 22.2. The molecule has 0 spiro atoms. The Morgan fingerprint density at radius 2 is 1.37 bits per heavy atom. The Kier molecular flexibility index (Phi) is 5.22. The summed E-state index contributed by atoms with van der Waals surface area (Å²) < 4.78 is 19.3. The lowest BCUT2D eigenvalue weighted by Gasteiger charge is -2.09. The SMILES string of the molecule is COc1ccc(-c2sc3cc(OC)ccc3c2Oc2ccc(I)cc2)cc1. The maximum absolute atomic E-state index is 6.34. The second-order valence-corrected chi connectivity index (χ2v) is 8.20. The van der Waals surface area contributed by atoms with Crippen LogP contribution in [0.2, 0.25) is 0 Å². The van der Waals surface area contributed by atoms with E-state index in [-0.39, 0.29) is 0 Å². The van der Waals surface area contributed by atoms with Crippen molar-refractivity contribution in [3.05, 3.63) is 70.3 Å². The van der Waals surface area contributed by atoms with Gasteiger partial charge in [-0.15, -0.1) is 11.3 Å². The number of fused-ring (bicyclic) bond motifs is 1. The standard InChI is InChI=1S/C22H17IO3S/c1-24-16-7-3-14(4-8-16)22-21(26-17-9-5-15(23)6-10-17)19-12-11-18(25-2)13-20(19)27-22/h3-13H,1-2H3. The van der Waals surface area contributed by atoms with E-state index in [2.05, 4.69) is 40.8 Å². The molecule has 0 N–H and O–H groups in total. The second-order valence-electron chi connectivity index (χ2n) is 5.91. The van der Waals surface area contributed by atoms with Gasteiger partial charge < -0.3 is 14.2 Å². The van der Waals surface area contributed by atoms with Crippen molar-refractivity contribution in [3.63, 3.8) is 0 Å². The van der Waals surface area contributed by atoms with Crippen molar-refractivity contribution in [1.29, 1.82) is 0 Å². The first-order valence-corrected chi connectivity index (χ1v) is 10.3. The first-order chi connectivity index (χ1) is 13.2. The summed E-state index contributed by atoms with van der Waals surface area (Å²) in [5, 5.41) is 1.07. The van der Waals surface area contributed by atoms with Crippen molar-refractivity contribution >= 4 is 44.0 Å². The molecule has 0 amide bonds. The minimum absolute atomic E-state index is 0.820. The zero-order chi connectivity index (χ0) is 18.8. The van der Waals surface area contributed by atoms with E-state index in [1.54, 1.807) is 25.6 Å². The molecule has 0 saturated heterocycles. The monoisotopic (exact) mass is 488 g/mol. The van der Waals surface area contributed by atoms with Crippen molar-refractivity contribution in [3.8, 4) is 33.4 Å². The molecule has 4 aromatic rings. The summed E-state index contributed by atoms with van der Waals surface area (Å²) >= 11 is 3.99. The molecule has 0 aliphatic carbocycles. The van der Waals surface area contributed by atoms with Crippen molar-refractivity contribution in [2.24, 2.45) is 0 Å². The van der Waals surface area contributed by atoms with Gasteiger partial charge in [-0.3, -0.25) is 0 Å². The van der Waals surface area contributed by atoms with Gasteiger partial charge in [-0.25, -0.2) is 0 Å². The number of hydrogen-bond acceptors (Lipinski definition) is 4. The van der Waals surface area contributed by atoms with Crippen LogP contribution in [0.3, 0.4) is 0 Å². The number of halogens is 1. The van der Waals surface area contributed by atoms with Gasteiger partial charge in [0.15, 0.2) is 5.75 Å². The predicted octanol–water partition coefficient (Wildman–Crippen LogP) is 6.98. The fourth-order valence-electron chi connectivity index (χ4n) is 2.83. The topological polar surface area (TPSA) is 27.7 Å². The van der Waals surface area contributed by atoms with Crippen LogP contribution in [-0.2, 0) is 0 Å². The Hall–Kier alpha value is -2.25. The van der Waals surface area contributed by atoms with Crippen LogP contribution in [0.25, 0.3) is 20.5 Å². The molecule has 0 atom stereocenters. The molecule has 3 nitrogen and oxygen atoms in total. The Morgan fingerprint density at radius 3 is 2.04 bits per heavy atom. The molecule has 136 valence electrons. The highest BCUT2D eigenvalue weighted by Crippen LogP contribution is 2.47. The van der Waals surface area contributed by atoms with E-state index in [0.717, 1.165) is 43.5 Å². The number of hydrogen-bond donors (Lipinski definition) is 0. The molecule has 1 heterocycles. The van der Waals surface area contributed by atoms with Gasteiger partial charge in [0.25, 0.3) is 0 Å². The van der Waals surface area contributed by atoms with Crippen LogP contribution in [0.1, 0.15) is 0 Å². The molecule has 0 aliphatic rings. The Labute approximate surface area is 175 Å². The van der Waals surface area contributed by atoms with Crippen molar-refractivity contribution < 1.29 is 14.2 Å². The van der Waals surface area contributed by atoms with Gasteiger partial charge in [0.05, 0.1) is 19.1 Å². The lowest BCUT2D eigenvalue weighted by atomic mass is 10.1. The van der Waals surface area contributed by atoms with Gasteiger partial charge in [0.1, 0.15) is 17.2 Å². The molecular weight excluding hydrogens is 471 g/mol. The largest absolute Gasteiger partial charge is 0.497 e. The van der Waals surface area contributed by atoms with E-state index in [4.69, 9.17) is 14.2 Å². The fourth-order valence-corrected chi connectivity index (χ4v) is 4.36. The third-order valence-electron chi connectivity index (χ3n) is 4.24. The molecule has 1 aromatic heterocycles. The van der Waals surface area contributed by atoms with Gasteiger partial charge in [0, 0.05) is 13.7 Å². The van der Waals surface area contributed by atoms with Crippen molar-refractivity contribution in [2.75, 3.05) is 14.2 Å². The first kappa shape index (κ1) is 18.1. The molecule has 4 rings (SSSR count). The number of benzene rings is 3. The highest BCUT2D eigenvalue weighted by Gasteiger charge is 2.17. The van der Waals surface area contributed by atoms with Crippen LogP contribution >= 0.6 is 33.9 Å². The van der Waals surface area contributed by atoms with E-state index in [9.17, 15) is 0 Å². The van der Waals surface area contributed by atoms with E-state index < -0.39 is 0 Å². The van der Waals surface area contributed by atoms with Gasteiger partial charge in [-0.2, -0.15) is 0 Å². The summed E-state index contributed by atoms with van der Waals surface area (Å²) in [5.41, 5.74) is 1.09. The normalized spacial score (nSPS) is 10.8. The van der Waals surface area contributed by atoms with E-state index in [1.165, 1.54) is 3.57 Å². The van der Waals surface area contributed by atoms with E-state index in [0.29, 0.717) is 0 Å². The molecule has 5 heteroatoms. The van der Waals surface area contributed by atoms with Crippen LogP contribution in [0.5, 0.6) is 23.0 Å². The predicted molar refractivity (Wildman–Crippen MR) is 120 cm³/mol. The number of rotatable bonds is 5. The average molecular weight is 488 g/mol. The Morgan fingerprint density at radius 1 is 0.741 bits per heavy atom. The smallest absolute Gasteiger partial charge is 0.153 e. The average Bonchev–Trinajstić information content (AvgIpc) is 3.07. The van der Waals surface area contributed by atoms with Crippen LogP contribution in [0, 0.1) is 3.57 Å². The van der Waals surface area contributed by atoms with Crippen LogP contribution in [0.15, 0.2) is 66.7 Å². The van der Waals surface area contributed by atoms with Gasteiger partial charge in [-0.05, 0) is 94.9 Å². The highest BCUT2D eigenvalue weighted by atomic mass is 127. The van der Waals surface area contributed by atoms with Gasteiger partial charge in [0.2, 0.25) is 0 Å². The first-order valence-electron chi connectivity index (χ1n) is 8.36. The van der Waals surface area contributed by atoms with Crippen molar-refractivity contribution in [1.82, 2.24) is 0 Å². The van der Waals surface area contributed by atoms with Crippen LogP contribution in [0.4, 0.5) is 0 Å². The third-order valence-corrected chi connectivity index (χ3v) is 6.14. The highest BCUT2D eigenvalue weighted by molar-refractivity contribution is 14.1. The molecule has 3 aromatic carbocycles. The lowest BCUT2D eigenvalue weighted by molar-refractivity contribution is 0.415. The zero-order valence-electron chi connectivity index (χ0n) is 14.9. The number of methoxy groups -OCH3 is 2. The quantitative estimate of drug-likeness (QED) is 0.284. The van der Waals surface area contributed by atoms with Crippen LogP contribution in [-0.4, -0.2) is 14.2 Å². The maximum Gasteiger partial charge on any atom is 0.153 e. The second kappa shape index (κ2) is 7.78.